The van der Waals surface area contributed by atoms with Gasteiger partial charge in [0.25, 0.3) is 0 Å². The van der Waals surface area contributed by atoms with Crippen LogP contribution >= 0.6 is 0 Å². The number of carbonyl (C=O) groups excluding carboxylic acids is 1. The van der Waals surface area contributed by atoms with Gasteiger partial charge in [0.05, 0.1) is 11.3 Å². The zero-order chi connectivity index (χ0) is 20.9. The van der Waals surface area contributed by atoms with Crippen LogP contribution in [0.3, 0.4) is 0 Å². The van der Waals surface area contributed by atoms with Crippen LogP contribution in [-0.2, 0) is 48.5 Å². The standard InChI is InChI=1S/C21H23N5O3S/c1-26-19-9-8-13(10-18(19)23-25-26)12-30(28,29)24-21(27)22-20-16-6-2-4-14(16)11-15-5-3-7-17(15)20/h8-11H,2-7,12H2,1H3,(H2,22,24,27). The van der Waals surface area contributed by atoms with Crippen molar-refractivity contribution in [2.24, 2.45) is 7.05 Å². The van der Waals surface area contributed by atoms with Gasteiger partial charge in [-0.25, -0.2) is 22.6 Å². The molecule has 0 radical (unpaired) electrons. The molecule has 0 bridgehead atoms. The van der Waals surface area contributed by atoms with Gasteiger partial charge in [0, 0.05) is 12.7 Å². The molecule has 8 nitrogen and oxygen atoms in total. The number of aromatic nitrogens is 3. The summed E-state index contributed by atoms with van der Waals surface area (Å²) >= 11 is 0. The second kappa shape index (κ2) is 7.09. The van der Waals surface area contributed by atoms with E-state index in [0.29, 0.717) is 11.1 Å². The van der Waals surface area contributed by atoms with Crippen molar-refractivity contribution in [3.8, 4) is 0 Å². The summed E-state index contributed by atoms with van der Waals surface area (Å²) in [5, 5.41) is 10.8. The smallest absolute Gasteiger partial charge is 0.307 e. The Morgan fingerprint density at radius 2 is 1.77 bits per heavy atom. The highest BCUT2D eigenvalue weighted by molar-refractivity contribution is 7.89. The zero-order valence-corrected chi connectivity index (χ0v) is 17.6. The molecule has 2 aromatic carbocycles. The minimum Gasteiger partial charge on any atom is -0.307 e. The van der Waals surface area contributed by atoms with E-state index in [9.17, 15) is 13.2 Å². The predicted molar refractivity (Wildman–Crippen MR) is 114 cm³/mol. The maximum absolute atomic E-state index is 12.6. The summed E-state index contributed by atoms with van der Waals surface area (Å²) in [5.41, 5.74) is 7.69. The highest BCUT2D eigenvalue weighted by Gasteiger charge is 2.26. The number of carbonyl (C=O) groups is 1. The molecule has 0 unspecified atom stereocenters. The molecular formula is C21H23N5O3S. The molecule has 156 valence electrons. The molecule has 0 atom stereocenters. The summed E-state index contributed by atoms with van der Waals surface area (Å²) in [5.74, 6) is -0.308. The van der Waals surface area contributed by atoms with E-state index in [0.717, 1.165) is 60.9 Å². The molecule has 0 saturated heterocycles. The number of urea groups is 1. The van der Waals surface area contributed by atoms with Crippen LogP contribution in [0.1, 0.15) is 40.7 Å². The third kappa shape index (κ3) is 3.43. The van der Waals surface area contributed by atoms with Crippen LogP contribution < -0.4 is 10.0 Å². The predicted octanol–water partition coefficient (Wildman–Crippen LogP) is 2.60. The van der Waals surface area contributed by atoms with Crippen LogP contribution in [-0.4, -0.2) is 29.4 Å². The van der Waals surface area contributed by atoms with Crippen molar-refractivity contribution in [2.75, 3.05) is 5.32 Å². The molecule has 9 heteroatoms. The van der Waals surface area contributed by atoms with E-state index in [-0.39, 0.29) is 5.75 Å². The van der Waals surface area contributed by atoms with Gasteiger partial charge >= 0.3 is 6.03 Å². The van der Waals surface area contributed by atoms with Crippen LogP contribution in [0.25, 0.3) is 11.0 Å². The molecule has 5 rings (SSSR count). The van der Waals surface area contributed by atoms with Gasteiger partial charge in [-0.05, 0) is 78.5 Å². The molecular weight excluding hydrogens is 402 g/mol. The lowest BCUT2D eigenvalue weighted by Gasteiger charge is -2.16. The van der Waals surface area contributed by atoms with Crippen molar-refractivity contribution >= 4 is 32.8 Å². The number of nitrogens with zero attached hydrogens (tertiary/aromatic N) is 3. The third-order valence-corrected chi connectivity index (χ3v) is 7.20. The lowest BCUT2D eigenvalue weighted by Crippen LogP contribution is -2.35. The second-order valence-corrected chi connectivity index (χ2v) is 9.81. The Morgan fingerprint density at radius 3 is 2.47 bits per heavy atom. The quantitative estimate of drug-likeness (QED) is 0.668. The van der Waals surface area contributed by atoms with E-state index < -0.39 is 16.1 Å². The monoisotopic (exact) mass is 425 g/mol. The average Bonchev–Trinajstić information content (AvgIpc) is 3.40. The number of hydrogen-bond donors (Lipinski definition) is 2. The number of nitrogens with one attached hydrogen (secondary N) is 2. The van der Waals surface area contributed by atoms with Gasteiger partial charge in [-0.2, -0.15) is 0 Å². The van der Waals surface area contributed by atoms with Gasteiger partial charge in [0.15, 0.2) is 0 Å². The van der Waals surface area contributed by atoms with Crippen molar-refractivity contribution in [3.63, 3.8) is 0 Å². The topological polar surface area (TPSA) is 106 Å². The first-order chi connectivity index (χ1) is 14.4. The van der Waals surface area contributed by atoms with E-state index in [1.807, 2.05) is 0 Å². The fourth-order valence-electron chi connectivity index (χ4n) is 4.68. The first-order valence-electron chi connectivity index (χ1n) is 10.2. The summed E-state index contributed by atoms with van der Waals surface area (Å²) in [6.45, 7) is 0. The number of benzene rings is 2. The Labute approximate surface area is 174 Å². The first kappa shape index (κ1) is 19.0. The molecule has 2 amide bonds. The van der Waals surface area contributed by atoms with E-state index in [1.54, 1.807) is 29.9 Å². The van der Waals surface area contributed by atoms with Crippen molar-refractivity contribution in [1.29, 1.82) is 0 Å². The molecule has 1 aromatic heterocycles. The van der Waals surface area contributed by atoms with Crippen LogP contribution in [0, 0.1) is 0 Å². The molecule has 0 spiro atoms. The van der Waals surface area contributed by atoms with Gasteiger partial charge in [-0.15, -0.1) is 5.10 Å². The highest BCUT2D eigenvalue weighted by Crippen LogP contribution is 2.38. The largest absolute Gasteiger partial charge is 0.332 e. The lowest BCUT2D eigenvalue weighted by atomic mass is 9.99. The molecule has 0 saturated carbocycles. The number of rotatable bonds is 4. The minimum atomic E-state index is -3.86. The van der Waals surface area contributed by atoms with E-state index in [2.05, 4.69) is 26.4 Å². The van der Waals surface area contributed by atoms with Crippen LogP contribution in [0.2, 0.25) is 0 Å². The van der Waals surface area contributed by atoms with E-state index in [1.165, 1.54) is 11.1 Å². The average molecular weight is 426 g/mol. The van der Waals surface area contributed by atoms with Gasteiger partial charge in [0.1, 0.15) is 5.52 Å². The van der Waals surface area contributed by atoms with Crippen LogP contribution in [0.5, 0.6) is 0 Å². The van der Waals surface area contributed by atoms with Gasteiger partial charge in [0.2, 0.25) is 10.0 Å². The Morgan fingerprint density at radius 1 is 1.07 bits per heavy atom. The molecule has 2 aliphatic rings. The molecule has 2 aliphatic carbocycles. The van der Waals surface area contributed by atoms with Crippen molar-refractivity contribution < 1.29 is 13.2 Å². The Balaban J connectivity index is 1.34. The maximum Gasteiger partial charge on any atom is 0.332 e. The molecule has 1 heterocycles. The van der Waals surface area contributed by atoms with Crippen molar-refractivity contribution in [3.05, 3.63) is 52.1 Å². The number of amides is 2. The number of fused-ring (bicyclic) bond motifs is 3. The summed E-state index contributed by atoms with van der Waals surface area (Å²) in [6.07, 6.45) is 6.01. The number of anilines is 1. The first-order valence-corrected chi connectivity index (χ1v) is 11.8. The van der Waals surface area contributed by atoms with E-state index >= 15 is 0 Å². The molecule has 3 aromatic rings. The summed E-state index contributed by atoms with van der Waals surface area (Å²) in [4.78, 5) is 12.6. The maximum atomic E-state index is 12.6. The lowest BCUT2D eigenvalue weighted by molar-refractivity contribution is 0.256. The summed E-state index contributed by atoms with van der Waals surface area (Å²) in [7, 11) is -2.09. The van der Waals surface area contributed by atoms with Crippen LogP contribution in [0.4, 0.5) is 10.5 Å². The number of hydrogen-bond acceptors (Lipinski definition) is 5. The molecule has 0 fully saturated rings. The third-order valence-electron chi connectivity index (χ3n) is 5.99. The molecule has 30 heavy (non-hydrogen) atoms. The normalized spacial score (nSPS) is 15.2. The fourth-order valence-corrected chi connectivity index (χ4v) is 5.70. The van der Waals surface area contributed by atoms with Gasteiger partial charge in [-0.1, -0.05) is 17.3 Å². The highest BCUT2D eigenvalue weighted by atomic mass is 32.2. The zero-order valence-electron chi connectivity index (χ0n) is 16.7. The Bertz CT molecular complexity index is 1250. The number of sulfonamides is 1. The van der Waals surface area contributed by atoms with Gasteiger partial charge in [-0.3, -0.25) is 0 Å². The van der Waals surface area contributed by atoms with Crippen LogP contribution in [0.15, 0.2) is 24.3 Å². The Hall–Kier alpha value is -2.94. The minimum absolute atomic E-state index is 0.308. The van der Waals surface area contributed by atoms with E-state index in [4.69, 9.17) is 0 Å². The molecule has 2 N–H and O–H groups in total. The molecule has 0 aliphatic heterocycles. The number of aryl methyl sites for hydroxylation is 3. The summed E-state index contributed by atoms with van der Waals surface area (Å²) < 4.78 is 29.0. The second-order valence-electron chi connectivity index (χ2n) is 8.09. The van der Waals surface area contributed by atoms with Crippen molar-refractivity contribution in [2.45, 2.75) is 44.3 Å². The SMILES string of the molecule is Cn1nnc2cc(CS(=O)(=O)NC(=O)Nc3c4c(cc5c3CCC5)CCC4)ccc21. The fraction of sp³-hybridized carbons (Fsp3) is 0.381. The Kier molecular flexibility index (Phi) is 4.50. The summed E-state index contributed by atoms with van der Waals surface area (Å²) in [6, 6.07) is 6.73. The van der Waals surface area contributed by atoms with Crippen molar-refractivity contribution in [1.82, 2.24) is 19.7 Å². The van der Waals surface area contributed by atoms with Gasteiger partial charge < -0.3 is 5.32 Å².